The highest BCUT2D eigenvalue weighted by molar-refractivity contribution is 7.99. The Morgan fingerprint density at radius 3 is 2.85 bits per heavy atom. The maximum Gasteiger partial charge on any atom is 0.280 e. The van der Waals surface area contributed by atoms with Crippen molar-refractivity contribution in [1.82, 2.24) is 19.5 Å². The maximum atomic E-state index is 12.2. The number of aromatic nitrogens is 4. The van der Waals surface area contributed by atoms with Crippen molar-refractivity contribution in [2.24, 2.45) is 0 Å². The first-order valence-electron chi connectivity index (χ1n) is 8.09. The molecular weight excluding hydrogens is 366 g/mol. The Kier molecular flexibility index (Phi) is 5.79. The van der Waals surface area contributed by atoms with Gasteiger partial charge in [-0.25, -0.2) is 4.98 Å². The smallest absolute Gasteiger partial charge is 0.280 e. The minimum atomic E-state index is -1.07. The van der Waals surface area contributed by atoms with Crippen molar-refractivity contribution in [2.75, 3.05) is 31.3 Å². The number of nitrogen functional groups attached to an aromatic ring is 1. The van der Waals surface area contributed by atoms with Gasteiger partial charge in [0.05, 0.1) is 13.2 Å². The van der Waals surface area contributed by atoms with Gasteiger partial charge in [-0.1, -0.05) is 11.8 Å². The van der Waals surface area contributed by atoms with Crippen LogP contribution in [0.25, 0.3) is 11.2 Å². The fourth-order valence-electron chi connectivity index (χ4n) is 2.90. The molecule has 11 nitrogen and oxygen atoms in total. The average molecular weight is 387 g/mol. The molecule has 0 saturated carbocycles. The van der Waals surface area contributed by atoms with Crippen LogP contribution >= 0.6 is 11.8 Å². The van der Waals surface area contributed by atoms with Gasteiger partial charge in [-0.3, -0.25) is 14.3 Å². The molecule has 3 rings (SSSR count). The molecule has 6 N–H and O–H groups in total. The van der Waals surface area contributed by atoms with Crippen molar-refractivity contribution in [1.29, 1.82) is 0 Å². The van der Waals surface area contributed by atoms with Gasteiger partial charge in [0.15, 0.2) is 22.5 Å². The summed E-state index contributed by atoms with van der Waals surface area (Å²) < 4.78 is 12.9. The minimum Gasteiger partial charge on any atom is -0.396 e. The van der Waals surface area contributed by atoms with Gasteiger partial charge < -0.3 is 30.5 Å². The summed E-state index contributed by atoms with van der Waals surface area (Å²) in [5.41, 5.74) is 5.38. The van der Waals surface area contributed by atoms with E-state index in [-0.39, 0.29) is 23.7 Å². The number of aliphatic hydroxyl groups is 3. The van der Waals surface area contributed by atoms with Gasteiger partial charge in [0.25, 0.3) is 5.56 Å². The number of ether oxygens (including phenoxy) is 2. The molecule has 1 aliphatic rings. The van der Waals surface area contributed by atoms with Crippen molar-refractivity contribution in [3.05, 3.63) is 10.4 Å². The van der Waals surface area contributed by atoms with E-state index in [0.717, 1.165) is 0 Å². The number of fused-ring (bicyclic) bond motifs is 1. The number of aliphatic hydroxyl groups excluding tert-OH is 3. The monoisotopic (exact) mass is 387 g/mol. The van der Waals surface area contributed by atoms with Gasteiger partial charge in [0, 0.05) is 12.4 Å². The number of imidazole rings is 1. The van der Waals surface area contributed by atoms with Crippen LogP contribution in [0.1, 0.15) is 13.2 Å². The Bertz CT molecular complexity index is 826. The van der Waals surface area contributed by atoms with Crippen molar-refractivity contribution in [3.8, 4) is 0 Å². The zero-order valence-corrected chi connectivity index (χ0v) is 14.8. The van der Waals surface area contributed by atoms with E-state index in [1.54, 1.807) is 6.92 Å². The second-order valence-corrected chi connectivity index (χ2v) is 6.68. The lowest BCUT2D eigenvalue weighted by Crippen LogP contribution is -2.35. The Morgan fingerprint density at radius 2 is 2.19 bits per heavy atom. The number of nitrogens with zero attached hydrogens (tertiary/aromatic N) is 3. The minimum absolute atomic E-state index is 0.0560. The molecule has 0 bridgehead atoms. The summed E-state index contributed by atoms with van der Waals surface area (Å²) in [6, 6.07) is 0. The number of hydrogen-bond donors (Lipinski definition) is 5. The van der Waals surface area contributed by atoms with Crippen LogP contribution in [0, 0.1) is 0 Å². The molecule has 12 heteroatoms. The summed E-state index contributed by atoms with van der Waals surface area (Å²) in [5.74, 6) is 0.238. The predicted molar refractivity (Wildman–Crippen MR) is 92.8 cm³/mol. The SMILES string of the molecule is CCO[C@@H]1[C@H](O)[C@@H](CO)O[C@H]1n1c(SCCO)nc2c(=O)[nH]c(N)nc21. The Hall–Kier alpha value is -1.70. The van der Waals surface area contributed by atoms with Gasteiger partial charge in [-0.05, 0) is 6.92 Å². The lowest BCUT2D eigenvalue weighted by Gasteiger charge is -2.22. The highest BCUT2D eigenvalue weighted by atomic mass is 32.2. The first-order chi connectivity index (χ1) is 12.5. The highest BCUT2D eigenvalue weighted by Gasteiger charge is 2.46. The zero-order chi connectivity index (χ0) is 18.8. The number of aromatic amines is 1. The summed E-state index contributed by atoms with van der Waals surface area (Å²) in [7, 11) is 0. The van der Waals surface area contributed by atoms with E-state index in [1.807, 2.05) is 0 Å². The molecule has 4 atom stereocenters. The topological polar surface area (TPSA) is 169 Å². The molecule has 3 heterocycles. The van der Waals surface area contributed by atoms with Crippen LogP contribution in [0.15, 0.2) is 9.95 Å². The molecule has 1 fully saturated rings. The van der Waals surface area contributed by atoms with Gasteiger partial charge >= 0.3 is 0 Å². The van der Waals surface area contributed by atoms with E-state index in [4.69, 9.17) is 20.3 Å². The van der Waals surface area contributed by atoms with Crippen LogP contribution in [0.2, 0.25) is 0 Å². The average Bonchev–Trinajstić information content (AvgIpc) is 3.11. The van der Waals surface area contributed by atoms with Crippen LogP contribution < -0.4 is 11.3 Å². The lowest BCUT2D eigenvalue weighted by molar-refractivity contribution is -0.0715. The number of rotatable bonds is 7. The van der Waals surface area contributed by atoms with Crippen molar-refractivity contribution < 1.29 is 24.8 Å². The number of nitrogens with one attached hydrogen (secondary N) is 1. The predicted octanol–water partition coefficient (Wildman–Crippen LogP) is -1.56. The van der Waals surface area contributed by atoms with Crippen LogP contribution in [-0.4, -0.2) is 78.7 Å². The van der Waals surface area contributed by atoms with Crippen molar-refractivity contribution >= 4 is 28.9 Å². The van der Waals surface area contributed by atoms with E-state index in [0.29, 0.717) is 17.5 Å². The van der Waals surface area contributed by atoms with E-state index in [1.165, 1.54) is 16.3 Å². The molecule has 0 radical (unpaired) electrons. The van der Waals surface area contributed by atoms with Crippen LogP contribution in [0.5, 0.6) is 0 Å². The number of hydrogen-bond acceptors (Lipinski definition) is 10. The summed E-state index contributed by atoms with van der Waals surface area (Å²) in [6.07, 6.45) is -3.60. The molecule has 0 unspecified atom stereocenters. The second kappa shape index (κ2) is 7.90. The van der Waals surface area contributed by atoms with Crippen LogP contribution in [0.3, 0.4) is 0 Å². The molecular formula is C14H21N5O6S. The second-order valence-electron chi connectivity index (χ2n) is 5.62. The van der Waals surface area contributed by atoms with E-state index < -0.39 is 36.7 Å². The number of thioether (sulfide) groups is 1. The first kappa shape index (κ1) is 19.1. The maximum absolute atomic E-state index is 12.2. The van der Waals surface area contributed by atoms with E-state index >= 15 is 0 Å². The van der Waals surface area contributed by atoms with Gasteiger partial charge in [-0.2, -0.15) is 4.98 Å². The number of nitrogens with two attached hydrogens (primary N) is 1. The third-order valence-electron chi connectivity index (χ3n) is 3.97. The van der Waals surface area contributed by atoms with Crippen molar-refractivity contribution in [2.45, 2.75) is 36.6 Å². The summed E-state index contributed by atoms with van der Waals surface area (Å²) in [6.45, 7) is 1.58. The standard InChI is InChI=1S/C14H21N5O6S/c1-2-24-9-8(22)6(5-21)25-12(9)19-10-7(11(23)18-13(15)17-10)16-14(19)26-4-3-20/h6,8-9,12,20-22H,2-5H2,1H3,(H3,15,17,18,23)/t6-,8-,9-,12-/m1/s1. The summed E-state index contributed by atoms with van der Waals surface area (Å²) >= 11 is 1.19. The third-order valence-corrected chi connectivity index (χ3v) is 4.90. The van der Waals surface area contributed by atoms with Crippen LogP contribution in [0.4, 0.5) is 5.95 Å². The molecule has 144 valence electrons. The van der Waals surface area contributed by atoms with E-state index in [9.17, 15) is 15.0 Å². The Balaban J connectivity index is 2.16. The molecule has 2 aromatic heterocycles. The van der Waals surface area contributed by atoms with Gasteiger partial charge in [0.2, 0.25) is 5.95 Å². The molecule has 1 saturated heterocycles. The Labute approximate surface area is 152 Å². The fourth-order valence-corrected chi connectivity index (χ4v) is 3.66. The zero-order valence-electron chi connectivity index (χ0n) is 14.0. The summed E-state index contributed by atoms with van der Waals surface area (Å²) in [5, 5.41) is 29.3. The molecule has 0 spiro atoms. The van der Waals surface area contributed by atoms with Gasteiger partial charge in [0.1, 0.15) is 18.3 Å². The molecule has 0 aliphatic carbocycles. The molecule has 26 heavy (non-hydrogen) atoms. The highest BCUT2D eigenvalue weighted by Crippen LogP contribution is 2.36. The first-order valence-corrected chi connectivity index (χ1v) is 9.07. The molecule has 1 aliphatic heterocycles. The number of anilines is 1. The van der Waals surface area contributed by atoms with Gasteiger partial charge in [-0.15, -0.1) is 0 Å². The molecule has 0 aromatic carbocycles. The molecule has 2 aromatic rings. The Morgan fingerprint density at radius 1 is 1.42 bits per heavy atom. The largest absolute Gasteiger partial charge is 0.396 e. The normalized spacial score (nSPS) is 26.0. The lowest BCUT2D eigenvalue weighted by atomic mass is 10.1. The molecule has 0 amide bonds. The van der Waals surface area contributed by atoms with E-state index in [2.05, 4.69) is 15.0 Å². The fraction of sp³-hybridized carbons (Fsp3) is 0.643. The van der Waals surface area contributed by atoms with Crippen LogP contribution in [-0.2, 0) is 9.47 Å². The summed E-state index contributed by atoms with van der Waals surface area (Å²) in [4.78, 5) is 23.0. The van der Waals surface area contributed by atoms with Crippen molar-refractivity contribution in [3.63, 3.8) is 0 Å². The third kappa shape index (κ3) is 3.31. The number of H-pyrrole nitrogens is 1. The quantitative estimate of drug-likeness (QED) is 0.350.